The van der Waals surface area contributed by atoms with Gasteiger partial charge in [0.05, 0.1) is 23.0 Å². The van der Waals surface area contributed by atoms with Gasteiger partial charge in [0.25, 0.3) is 0 Å². The first kappa shape index (κ1) is 16.1. The van der Waals surface area contributed by atoms with Gasteiger partial charge in [0, 0.05) is 24.4 Å². The Morgan fingerprint density at radius 3 is 2.67 bits per heavy atom. The third-order valence-electron chi connectivity index (χ3n) is 3.11. The lowest BCUT2D eigenvalue weighted by molar-refractivity contribution is 0.190. The van der Waals surface area contributed by atoms with Crippen LogP contribution in [0.1, 0.15) is 18.2 Å². The molecule has 21 heavy (non-hydrogen) atoms. The zero-order valence-corrected chi connectivity index (χ0v) is 14.1. The van der Waals surface area contributed by atoms with E-state index in [4.69, 9.17) is 27.9 Å². The summed E-state index contributed by atoms with van der Waals surface area (Å²) in [5.74, 6) is 0.721. The second-order valence-corrected chi connectivity index (χ2v) is 5.94. The lowest BCUT2D eigenvalue weighted by Gasteiger charge is -2.16. The summed E-state index contributed by atoms with van der Waals surface area (Å²) in [5, 5.41) is 4.63. The van der Waals surface area contributed by atoms with Crippen molar-refractivity contribution in [2.45, 2.75) is 26.8 Å². The number of methoxy groups -OCH3 is 1. The number of aromatic nitrogens is 2. The van der Waals surface area contributed by atoms with Crippen molar-refractivity contribution < 1.29 is 4.74 Å². The summed E-state index contributed by atoms with van der Waals surface area (Å²) in [5.41, 5.74) is 2.65. The number of aryl methyl sites for hydroxylation is 2. The monoisotopic (exact) mass is 327 g/mol. The topological polar surface area (TPSA) is 39.1 Å². The minimum atomic E-state index is 0.134. The third-order valence-corrected chi connectivity index (χ3v) is 3.82. The Morgan fingerprint density at radius 1 is 1.29 bits per heavy atom. The van der Waals surface area contributed by atoms with Crippen LogP contribution < -0.4 is 5.32 Å². The minimum Gasteiger partial charge on any atom is -0.383 e. The van der Waals surface area contributed by atoms with E-state index < -0.39 is 0 Å². The first-order valence-electron chi connectivity index (χ1n) is 6.70. The Labute approximate surface area is 135 Å². The van der Waals surface area contributed by atoms with Gasteiger partial charge in [-0.15, -0.1) is 0 Å². The molecule has 0 aliphatic rings. The Morgan fingerprint density at radius 2 is 2.00 bits per heavy atom. The molecule has 0 amide bonds. The SMILES string of the molecule is COCC(C)Nc1nc(C)cn1-c1cc(Cl)c(C)cc1Cl. The second kappa shape index (κ2) is 6.69. The zero-order chi connectivity index (χ0) is 15.6. The number of hydrogen-bond donors (Lipinski definition) is 1. The van der Waals surface area contributed by atoms with Crippen LogP contribution in [0.25, 0.3) is 5.69 Å². The van der Waals surface area contributed by atoms with Gasteiger partial charge in [0.15, 0.2) is 0 Å². The van der Waals surface area contributed by atoms with E-state index in [2.05, 4.69) is 10.3 Å². The van der Waals surface area contributed by atoms with Crippen molar-refractivity contribution in [3.8, 4) is 5.69 Å². The number of halogens is 2. The van der Waals surface area contributed by atoms with Gasteiger partial charge in [-0.2, -0.15) is 0 Å². The lowest BCUT2D eigenvalue weighted by Crippen LogP contribution is -2.22. The highest BCUT2D eigenvalue weighted by molar-refractivity contribution is 6.35. The third kappa shape index (κ3) is 3.70. The van der Waals surface area contributed by atoms with Gasteiger partial charge in [-0.1, -0.05) is 23.2 Å². The summed E-state index contributed by atoms with van der Waals surface area (Å²) in [6.07, 6.45) is 1.93. The van der Waals surface area contributed by atoms with E-state index in [1.165, 1.54) is 0 Å². The molecule has 2 aromatic rings. The summed E-state index contributed by atoms with van der Waals surface area (Å²) in [6, 6.07) is 3.85. The number of rotatable bonds is 5. The van der Waals surface area contributed by atoms with Crippen molar-refractivity contribution >= 4 is 29.2 Å². The maximum absolute atomic E-state index is 6.36. The molecular weight excluding hydrogens is 309 g/mol. The molecule has 1 unspecified atom stereocenters. The first-order chi connectivity index (χ1) is 9.92. The highest BCUT2D eigenvalue weighted by Crippen LogP contribution is 2.30. The predicted octanol–water partition coefficient (Wildman–Crippen LogP) is 4.24. The molecule has 2 rings (SSSR count). The number of hydrogen-bond acceptors (Lipinski definition) is 3. The van der Waals surface area contributed by atoms with Crippen LogP contribution in [-0.2, 0) is 4.74 Å². The first-order valence-corrected chi connectivity index (χ1v) is 7.45. The molecule has 0 aliphatic carbocycles. The van der Waals surface area contributed by atoms with E-state index in [1.54, 1.807) is 7.11 Å². The molecule has 0 radical (unpaired) electrons. The average molecular weight is 328 g/mol. The van der Waals surface area contributed by atoms with Crippen LogP contribution in [-0.4, -0.2) is 29.3 Å². The van der Waals surface area contributed by atoms with Gasteiger partial charge in [0.2, 0.25) is 5.95 Å². The average Bonchev–Trinajstić information content (AvgIpc) is 2.74. The fraction of sp³-hybridized carbons (Fsp3) is 0.400. The fourth-order valence-corrected chi connectivity index (χ4v) is 2.58. The van der Waals surface area contributed by atoms with Crippen molar-refractivity contribution in [3.05, 3.63) is 39.6 Å². The molecule has 0 aliphatic heterocycles. The molecule has 0 spiro atoms. The Hall–Kier alpha value is -1.23. The van der Waals surface area contributed by atoms with Gasteiger partial charge in [-0.05, 0) is 38.5 Å². The Kier molecular flexibility index (Phi) is 5.14. The Balaban J connectivity index is 2.42. The number of anilines is 1. The summed E-state index contributed by atoms with van der Waals surface area (Å²) in [6.45, 7) is 6.49. The van der Waals surface area contributed by atoms with E-state index >= 15 is 0 Å². The van der Waals surface area contributed by atoms with Crippen LogP contribution in [0, 0.1) is 13.8 Å². The van der Waals surface area contributed by atoms with Gasteiger partial charge in [0.1, 0.15) is 0 Å². The van der Waals surface area contributed by atoms with Gasteiger partial charge in [-0.3, -0.25) is 4.57 Å². The number of nitrogens with zero attached hydrogens (tertiary/aromatic N) is 2. The highest BCUT2D eigenvalue weighted by atomic mass is 35.5. The van der Waals surface area contributed by atoms with Crippen LogP contribution in [0.15, 0.2) is 18.3 Å². The molecule has 0 fully saturated rings. The van der Waals surface area contributed by atoms with E-state index in [0.717, 1.165) is 22.9 Å². The smallest absolute Gasteiger partial charge is 0.208 e. The van der Waals surface area contributed by atoms with Crippen LogP contribution in [0.3, 0.4) is 0 Å². The van der Waals surface area contributed by atoms with Crippen molar-refractivity contribution in [3.63, 3.8) is 0 Å². The largest absolute Gasteiger partial charge is 0.383 e. The molecular formula is C15H19Cl2N3O. The molecule has 0 saturated carbocycles. The molecule has 6 heteroatoms. The van der Waals surface area contributed by atoms with Crippen molar-refractivity contribution in [1.82, 2.24) is 9.55 Å². The molecule has 1 atom stereocenters. The molecule has 1 aromatic heterocycles. The number of ether oxygens (including phenoxy) is 1. The lowest BCUT2D eigenvalue weighted by atomic mass is 10.2. The summed E-state index contributed by atoms with van der Waals surface area (Å²) >= 11 is 12.6. The van der Waals surface area contributed by atoms with Gasteiger partial charge in [-0.25, -0.2) is 4.98 Å². The van der Waals surface area contributed by atoms with Gasteiger partial charge < -0.3 is 10.1 Å². The number of benzene rings is 1. The summed E-state index contributed by atoms with van der Waals surface area (Å²) in [4.78, 5) is 4.50. The molecule has 4 nitrogen and oxygen atoms in total. The van der Waals surface area contributed by atoms with E-state index in [-0.39, 0.29) is 6.04 Å². The second-order valence-electron chi connectivity index (χ2n) is 5.13. The van der Waals surface area contributed by atoms with Crippen molar-refractivity contribution in [2.75, 3.05) is 19.0 Å². The normalized spacial score (nSPS) is 12.5. The minimum absolute atomic E-state index is 0.134. The van der Waals surface area contributed by atoms with Gasteiger partial charge >= 0.3 is 0 Å². The van der Waals surface area contributed by atoms with E-state index in [1.807, 2.05) is 43.7 Å². The molecule has 1 heterocycles. The quantitative estimate of drug-likeness (QED) is 0.892. The van der Waals surface area contributed by atoms with Crippen LogP contribution in [0.4, 0.5) is 5.95 Å². The molecule has 0 saturated heterocycles. The highest BCUT2D eigenvalue weighted by Gasteiger charge is 2.14. The van der Waals surface area contributed by atoms with Crippen LogP contribution in [0.5, 0.6) is 0 Å². The molecule has 114 valence electrons. The van der Waals surface area contributed by atoms with Crippen molar-refractivity contribution in [2.24, 2.45) is 0 Å². The maximum Gasteiger partial charge on any atom is 0.208 e. The van der Waals surface area contributed by atoms with Crippen LogP contribution >= 0.6 is 23.2 Å². The standard InChI is InChI=1S/C15H19Cl2N3O/c1-9-5-13(17)14(6-12(9)16)20-7-10(2)18-15(20)19-11(3)8-21-4/h5-7,11H,8H2,1-4H3,(H,18,19). The molecule has 0 bridgehead atoms. The van der Waals surface area contributed by atoms with Crippen LogP contribution in [0.2, 0.25) is 10.0 Å². The molecule has 1 N–H and O–H groups in total. The summed E-state index contributed by atoms with van der Waals surface area (Å²) in [7, 11) is 1.67. The molecule has 1 aromatic carbocycles. The predicted molar refractivity (Wildman–Crippen MR) is 88.0 cm³/mol. The number of nitrogens with one attached hydrogen (secondary N) is 1. The van der Waals surface area contributed by atoms with E-state index in [0.29, 0.717) is 16.7 Å². The summed E-state index contributed by atoms with van der Waals surface area (Å²) < 4.78 is 7.05. The maximum atomic E-state index is 6.36. The van der Waals surface area contributed by atoms with Crippen molar-refractivity contribution in [1.29, 1.82) is 0 Å². The zero-order valence-electron chi connectivity index (χ0n) is 12.6. The Bertz CT molecular complexity index is 640. The number of imidazole rings is 1. The fourth-order valence-electron chi connectivity index (χ4n) is 2.12. The van der Waals surface area contributed by atoms with E-state index in [9.17, 15) is 0 Å².